The smallest absolute Gasteiger partial charge is 0.407 e. The van der Waals surface area contributed by atoms with Crippen molar-refractivity contribution >= 4 is 11.8 Å². The lowest BCUT2D eigenvalue weighted by Crippen LogP contribution is -2.42. The Bertz CT molecular complexity index is 644. The van der Waals surface area contributed by atoms with Gasteiger partial charge in [-0.15, -0.1) is 0 Å². The highest BCUT2D eigenvalue weighted by molar-refractivity contribution is 5.87. The van der Waals surface area contributed by atoms with Crippen molar-refractivity contribution in [3.05, 3.63) is 11.8 Å². The zero-order valence-corrected chi connectivity index (χ0v) is 19.4. The third-order valence-corrected chi connectivity index (χ3v) is 6.34. The first-order valence-corrected chi connectivity index (χ1v) is 11.8. The van der Waals surface area contributed by atoms with E-state index in [2.05, 4.69) is 11.4 Å². The lowest BCUT2D eigenvalue weighted by molar-refractivity contribution is -0.104. The molecule has 1 saturated carbocycles. The van der Waals surface area contributed by atoms with E-state index in [1.807, 2.05) is 34.6 Å². The van der Waals surface area contributed by atoms with E-state index in [0.717, 1.165) is 50.7 Å². The van der Waals surface area contributed by atoms with Crippen molar-refractivity contribution in [2.24, 2.45) is 16.8 Å². The fourth-order valence-electron chi connectivity index (χ4n) is 4.92. The fraction of sp³-hybridized carbons (Fsp3) is 0.833. The van der Waals surface area contributed by atoms with Crippen LogP contribution in [0.4, 0.5) is 4.79 Å². The Hall–Kier alpha value is -1.56. The molecule has 170 valence electrons. The lowest BCUT2D eigenvalue weighted by atomic mass is 9.76. The number of ether oxygens (including phenoxy) is 3. The minimum absolute atomic E-state index is 0.176. The molecule has 1 N–H and O–H groups in total. The Morgan fingerprint density at radius 1 is 1.23 bits per heavy atom. The van der Waals surface area contributed by atoms with Crippen LogP contribution < -0.4 is 5.32 Å². The summed E-state index contributed by atoms with van der Waals surface area (Å²) in [6, 6.07) is 0.624. The number of aliphatic imine (C=N–C) groups is 1. The van der Waals surface area contributed by atoms with E-state index in [1.54, 1.807) is 0 Å². The van der Waals surface area contributed by atoms with Gasteiger partial charge >= 0.3 is 6.09 Å². The maximum Gasteiger partial charge on any atom is 0.407 e. The topological polar surface area (TPSA) is 69.2 Å². The molecule has 0 saturated heterocycles. The van der Waals surface area contributed by atoms with Gasteiger partial charge in [-0.2, -0.15) is 0 Å². The average molecular weight is 421 g/mol. The van der Waals surface area contributed by atoms with Crippen LogP contribution in [0.5, 0.6) is 0 Å². The second kappa shape index (κ2) is 10.2. The standard InChI is InChI=1S/C24H40N2O4/c1-6-28-16(2)29-20-12-14-22-18(15-20)9-13-21(26-22)17-7-10-19(11-8-17)25-23(27)30-24(3,4)5/h12,16-19,22H,6-11,13-15H2,1-5H3,(H,25,27)/t16?,17?,18-,19?,22?/m1/s1. The van der Waals surface area contributed by atoms with Gasteiger partial charge < -0.3 is 19.5 Å². The summed E-state index contributed by atoms with van der Waals surface area (Å²) < 4.78 is 16.8. The zero-order valence-electron chi connectivity index (χ0n) is 19.4. The number of fused-ring (bicyclic) bond motifs is 1. The van der Waals surface area contributed by atoms with E-state index in [4.69, 9.17) is 19.2 Å². The number of alkyl carbamates (subject to hydrolysis) is 1. The van der Waals surface area contributed by atoms with E-state index in [-0.39, 0.29) is 18.4 Å². The second-order valence-corrected chi connectivity index (χ2v) is 9.93. The van der Waals surface area contributed by atoms with Crippen molar-refractivity contribution in [1.29, 1.82) is 0 Å². The van der Waals surface area contributed by atoms with Crippen LogP contribution in [0.25, 0.3) is 0 Å². The van der Waals surface area contributed by atoms with Crippen LogP contribution in [0.3, 0.4) is 0 Å². The van der Waals surface area contributed by atoms with Crippen LogP contribution >= 0.6 is 0 Å². The number of hydrogen-bond donors (Lipinski definition) is 1. The Morgan fingerprint density at radius 2 is 1.97 bits per heavy atom. The molecule has 0 bridgehead atoms. The first kappa shape index (κ1) is 23.1. The van der Waals surface area contributed by atoms with Crippen LogP contribution in [-0.2, 0) is 14.2 Å². The van der Waals surface area contributed by atoms with Crippen molar-refractivity contribution in [1.82, 2.24) is 5.32 Å². The molecule has 6 heteroatoms. The molecule has 0 spiro atoms. The predicted octanol–water partition coefficient (Wildman–Crippen LogP) is 5.37. The van der Waals surface area contributed by atoms with Gasteiger partial charge in [-0.1, -0.05) is 0 Å². The van der Waals surface area contributed by atoms with E-state index in [9.17, 15) is 4.79 Å². The van der Waals surface area contributed by atoms with E-state index >= 15 is 0 Å². The average Bonchev–Trinajstić information content (AvgIpc) is 2.67. The van der Waals surface area contributed by atoms with Crippen LogP contribution in [0.15, 0.2) is 16.8 Å². The molecule has 6 nitrogen and oxygen atoms in total. The van der Waals surface area contributed by atoms with Crippen LogP contribution in [0, 0.1) is 11.8 Å². The molecule has 30 heavy (non-hydrogen) atoms. The summed E-state index contributed by atoms with van der Waals surface area (Å²) in [5.74, 6) is 2.24. The molecule has 2 unspecified atom stereocenters. The SMILES string of the molecule is CCOC(C)OC1=CCC2N=C(C3CCC(NC(=O)OC(C)(C)C)CC3)CC[C@@H]2C1. The Kier molecular flexibility index (Phi) is 7.83. The Labute approximate surface area is 181 Å². The highest BCUT2D eigenvalue weighted by Gasteiger charge is 2.34. The first-order valence-electron chi connectivity index (χ1n) is 11.8. The molecule has 1 amide bonds. The summed E-state index contributed by atoms with van der Waals surface area (Å²) in [6.07, 6.45) is 10.2. The van der Waals surface area contributed by atoms with Crippen LogP contribution in [0.2, 0.25) is 0 Å². The summed E-state index contributed by atoms with van der Waals surface area (Å²) in [5, 5.41) is 3.04. The molecular weight excluding hydrogens is 380 g/mol. The summed E-state index contributed by atoms with van der Waals surface area (Å²) in [7, 11) is 0. The van der Waals surface area contributed by atoms with Gasteiger partial charge in [0.2, 0.25) is 0 Å². The largest absolute Gasteiger partial charge is 0.470 e. The maximum absolute atomic E-state index is 12.0. The zero-order chi connectivity index (χ0) is 21.7. The lowest BCUT2D eigenvalue weighted by Gasteiger charge is -2.37. The molecule has 2 aliphatic carbocycles. The Morgan fingerprint density at radius 3 is 2.63 bits per heavy atom. The number of rotatable bonds is 6. The van der Waals surface area contributed by atoms with Crippen molar-refractivity contribution in [3.63, 3.8) is 0 Å². The number of nitrogens with one attached hydrogen (secondary N) is 1. The molecule has 3 rings (SSSR count). The highest BCUT2D eigenvalue weighted by Crippen LogP contribution is 2.37. The number of nitrogens with zero attached hydrogens (tertiary/aromatic N) is 1. The minimum atomic E-state index is -0.449. The summed E-state index contributed by atoms with van der Waals surface area (Å²) in [4.78, 5) is 17.2. The molecule has 1 heterocycles. The van der Waals surface area contributed by atoms with Crippen molar-refractivity contribution in [2.75, 3.05) is 6.61 Å². The van der Waals surface area contributed by atoms with E-state index in [1.165, 1.54) is 12.1 Å². The molecule has 0 aromatic heterocycles. The van der Waals surface area contributed by atoms with Crippen molar-refractivity contribution in [2.45, 2.75) is 110 Å². The first-order chi connectivity index (χ1) is 14.2. The van der Waals surface area contributed by atoms with Gasteiger partial charge in [0.25, 0.3) is 0 Å². The van der Waals surface area contributed by atoms with Crippen LogP contribution in [0.1, 0.15) is 86.0 Å². The van der Waals surface area contributed by atoms with Gasteiger partial charge in [0.1, 0.15) is 5.60 Å². The highest BCUT2D eigenvalue weighted by atomic mass is 16.7. The summed E-state index contributed by atoms with van der Waals surface area (Å²) >= 11 is 0. The number of hydrogen-bond acceptors (Lipinski definition) is 5. The molecular formula is C24H40N2O4. The van der Waals surface area contributed by atoms with Gasteiger partial charge in [-0.3, -0.25) is 4.99 Å². The van der Waals surface area contributed by atoms with Gasteiger partial charge in [0.05, 0.1) is 11.8 Å². The number of allylic oxidation sites excluding steroid dienone is 1. The third kappa shape index (κ3) is 6.73. The predicted molar refractivity (Wildman–Crippen MR) is 119 cm³/mol. The van der Waals surface area contributed by atoms with E-state index in [0.29, 0.717) is 24.5 Å². The second-order valence-electron chi connectivity index (χ2n) is 9.93. The van der Waals surface area contributed by atoms with Gasteiger partial charge in [0, 0.05) is 24.8 Å². The third-order valence-electron chi connectivity index (χ3n) is 6.34. The maximum atomic E-state index is 12.0. The van der Waals surface area contributed by atoms with Gasteiger partial charge in [-0.25, -0.2) is 4.79 Å². The number of amides is 1. The molecule has 0 radical (unpaired) electrons. The normalized spacial score (nSPS) is 30.4. The van der Waals surface area contributed by atoms with Crippen molar-refractivity contribution in [3.8, 4) is 0 Å². The summed E-state index contributed by atoms with van der Waals surface area (Å²) in [6.45, 7) is 10.3. The molecule has 1 aliphatic heterocycles. The molecule has 0 aromatic carbocycles. The molecule has 3 atom stereocenters. The van der Waals surface area contributed by atoms with Gasteiger partial charge in [-0.05, 0) is 97.5 Å². The Balaban J connectivity index is 1.47. The van der Waals surface area contributed by atoms with Crippen LogP contribution in [-0.4, -0.2) is 42.4 Å². The monoisotopic (exact) mass is 420 g/mol. The fourth-order valence-corrected chi connectivity index (χ4v) is 4.92. The minimum Gasteiger partial charge on any atom is -0.470 e. The van der Waals surface area contributed by atoms with Gasteiger partial charge in [0.15, 0.2) is 6.29 Å². The number of carbonyl (C=O) groups excluding carboxylic acids is 1. The van der Waals surface area contributed by atoms with E-state index < -0.39 is 5.60 Å². The summed E-state index contributed by atoms with van der Waals surface area (Å²) in [5.41, 5.74) is 0.960. The van der Waals surface area contributed by atoms with Crippen molar-refractivity contribution < 1.29 is 19.0 Å². The molecule has 0 aromatic rings. The molecule has 3 aliphatic rings. The quantitative estimate of drug-likeness (QED) is 0.587. The number of carbonyl (C=O) groups is 1. The molecule has 1 fully saturated rings.